The van der Waals surface area contributed by atoms with Crippen LogP contribution in [0.25, 0.3) is 0 Å². The molecule has 138 valence electrons. The van der Waals surface area contributed by atoms with Gasteiger partial charge in [0.2, 0.25) is 5.91 Å². The third-order valence-electron chi connectivity index (χ3n) is 4.84. The summed E-state index contributed by atoms with van der Waals surface area (Å²) in [6.07, 6.45) is 3.44. The van der Waals surface area contributed by atoms with Crippen LogP contribution in [0.1, 0.15) is 39.0 Å². The Labute approximate surface area is 144 Å². The molecule has 2 heterocycles. The lowest BCUT2D eigenvalue weighted by Gasteiger charge is -2.31. The molecule has 0 radical (unpaired) electrons. The van der Waals surface area contributed by atoms with E-state index in [0.717, 1.165) is 19.3 Å². The van der Waals surface area contributed by atoms with Crippen molar-refractivity contribution in [3.63, 3.8) is 0 Å². The van der Waals surface area contributed by atoms with Crippen molar-refractivity contribution in [2.24, 2.45) is 11.8 Å². The maximum absolute atomic E-state index is 12.3. The van der Waals surface area contributed by atoms with Crippen molar-refractivity contribution in [1.29, 1.82) is 0 Å². The summed E-state index contributed by atoms with van der Waals surface area (Å²) < 4.78 is 27.8. The van der Waals surface area contributed by atoms with Crippen LogP contribution in [0.4, 0.5) is 4.79 Å². The van der Waals surface area contributed by atoms with Crippen LogP contribution in [-0.4, -0.2) is 63.1 Å². The number of sulfone groups is 1. The van der Waals surface area contributed by atoms with E-state index < -0.39 is 9.84 Å². The fourth-order valence-electron chi connectivity index (χ4n) is 3.34. The molecular formula is C16H28N2O5S. The molecule has 0 spiro atoms. The molecule has 0 aromatic carbocycles. The average molecular weight is 360 g/mol. The molecule has 2 aliphatic rings. The molecule has 1 N–H and O–H groups in total. The zero-order valence-corrected chi connectivity index (χ0v) is 15.1. The molecule has 2 aliphatic heterocycles. The molecule has 0 aromatic rings. The van der Waals surface area contributed by atoms with Crippen LogP contribution in [0.3, 0.4) is 0 Å². The smallest absolute Gasteiger partial charge is 0.409 e. The van der Waals surface area contributed by atoms with E-state index in [9.17, 15) is 18.0 Å². The van der Waals surface area contributed by atoms with Gasteiger partial charge in [0.25, 0.3) is 0 Å². The number of likely N-dealkylation sites (tertiary alicyclic amines) is 1. The van der Waals surface area contributed by atoms with Crippen LogP contribution in [0.5, 0.6) is 0 Å². The van der Waals surface area contributed by atoms with Crippen LogP contribution in [0, 0.1) is 11.8 Å². The Kier molecular flexibility index (Phi) is 6.89. The molecule has 7 nitrogen and oxygen atoms in total. The Bertz CT molecular complexity index is 535. The summed E-state index contributed by atoms with van der Waals surface area (Å²) in [5.41, 5.74) is 0. The Balaban J connectivity index is 1.69. The zero-order chi connectivity index (χ0) is 17.6. The first kappa shape index (κ1) is 19.0. The zero-order valence-electron chi connectivity index (χ0n) is 14.3. The third-order valence-corrected chi connectivity index (χ3v) is 6.56. The molecule has 2 amide bonds. The van der Waals surface area contributed by atoms with Crippen LogP contribution in [-0.2, 0) is 19.4 Å². The number of carbonyl (C=O) groups is 2. The van der Waals surface area contributed by atoms with Gasteiger partial charge in [-0.1, -0.05) is 0 Å². The number of ether oxygens (including phenoxy) is 1. The largest absolute Gasteiger partial charge is 0.450 e. The third kappa shape index (κ3) is 5.65. The number of nitrogens with zero attached hydrogens (tertiary/aromatic N) is 1. The summed E-state index contributed by atoms with van der Waals surface area (Å²) in [7, 11) is -2.83. The number of rotatable bonds is 5. The molecule has 1 atom stereocenters. The Morgan fingerprint density at radius 3 is 2.58 bits per heavy atom. The standard InChI is InChI=1S/C16H28N2O5S/c1-2-23-16(20)18-9-3-4-14(12-18)15(19)17-8-5-13-6-10-24(21,22)11-7-13/h13-14H,2-12H2,1H3,(H,17,19)/t14-/m0/s1. The molecule has 0 aliphatic carbocycles. The van der Waals surface area contributed by atoms with Crippen molar-refractivity contribution in [3.8, 4) is 0 Å². The van der Waals surface area contributed by atoms with Gasteiger partial charge in [0.05, 0.1) is 24.0 Å². The Hall–Kier alpha value is -1.31. The van der Waals surface area contributed by atoms with E-state index in [1.54, 1.807) is 11.8 Å². The average Bonchev–Trinajstić information content (AvgIpc) is 2.56. The van der Waals surface area contributed by atoms with Gasteiger partial charge in [-0.25, -0.2) is 13.2 Å². The fourth-order valence-corrected chi connectivity index (χ4v) is 4.93. The molecule has 8 heteroatoms. The number of carbonyl (C=O) groups excluding carboxylic acids is 2. The highest BCUT2D eigenvalue weighted by molar-refractivity contribution is 7.91. The van der Waals surface area contributed by atoms with Crippen molar-refractivity contribution in [1.82, 2.24) is 10.2 Å². The SMILES string of the molecule is CCOC(=O)N1CCC[C@H](C(=O)NCCC2CCS(=O)(=O)CC2)C1. The van der Waals surface area contributed by atoms with E-state index in [-0.39, 0.29) is 29.4 Å². The van der Waals surface area contributed by atoms with E-state index in [1.165, 1.54) is 0 Å². The van der Waals surface area contributed by atoms with Crippen molar-refractivity contribution in [3.05, 3.63) is 0 Å². The van der Waals surface area contributed by atoms with Gasteiger partial charge < -0.3 is 15.0 Å². The molecule has 0 unspecified atom stereocenters. The summed E-state index contributed by atoms with van der Waals surface area (Å²) in [6.45, 7) is 3.72. The first-order valence-electron chi connectivity index (χ1n) is 8.81. The van der Waals surface area contributed by atoms with Crippen molar-refractivity contribution in [2.45, 2.75) is 39.0 Å². The monoisotopic (exact) mass is 360 g/mol. The van der Waals surface area contributed by atoms with Crippen molar-refractivity contribution < 1.29 is 22.7 Å². The van der Waals surface area contributed by atoms with Gasteiger partial charge in [-0.05, 0) is 44.9 Å². The van der Waals surface area contributed by atoms with Gasteiger partial charge in [0.15, 0.2) is 0 Å². The fraction of sp³-hybridized carbons (Fsp3) is 0.875. The van der Waals surface area contributed by atoms with E-state index >= 15 is 0 Å². The van der Waals surface area contributed by atoms with E-state index in [2.05, 4.69) is 5.32 Å². The first-order chi connectivity index (χ1) is 11.4. The quantitative estimate of drug-likeness (QED) is 0.795. The number of hydrogen-bond acceptors (Lipinski definition) is 5. The minimum Gasteiger partial charge on any atom is -0.450 e. The topological polar surface area (TPSA) is 92.8 Å². The van der Waals surface area contributed by atoms with E-state index in [4.69, 9.17) is 4.74 Å². The summed E-state index contributed by atoms with van der Waals surface area (Å²) in [6, 6.07) is 0. The second-order valence-corrected chi connectivity index (χ2v) is 8.96. The first-order valence-corrected chi connectivity index (χ1v) is 10.6. The van der Waals surface area contributed by atoms with Crippen LogP contribution < -0.4 is 5.32 Å². The normalized spacial score (nSPS) is 24.4. The Morgan fingerprint density at radius 1 is 1.21 bits per heavy atom. The Morgan fingerprint density at radius 2 is 1.92 bits per heavy atom. The molecule has 24 heavy (non-hydrogen) atoms. The summed E-state index contributed by atoms with van der Waals surface area (Å²) in [5, 5.41) is 2.94. The van der Waals surface area contributed by atoms with E-state index in [0.29, 0.717) is 45.0 Å². The predicted octanol–water partition coefficient (Wildman–Crippen LogP) is 1.19. The van der Waals surface area contributed by atoms with Gasteiger partial charge in [0.1, 0.15) is 9.84 Å². The lowest BCUT2D eigenvalue weighted by molar-refractivity contribution is -0.126. The second kappa shape index (κ2) is 8.69. The molecule has 2 saturated heterocycles. The highest BCUT2D eigenvalue weighted by atomic mass is 32.2. The minimum absolute atomic E-state index is 0.0209. The summed E-state index contributed by atoms with van der Waals surface area (Å²) in [5.74, 6) is 0.699. The van der Waals surface area contributed by atoms with Gasteiger partial charge in [0, 0.05) is 19.6 Å². The molecule has 0 aromatic heterocycles. The van der Waals surface area contributed by atoms with Crippen LogP contribution in [0.15, 0.2) is 0 Å². The summed E-state index contributed by atoms with van der Waals surface area (Å²) >= 11 is 0. The lowest BCUT2D eigenvalue weighted by Crippen LogP contribution is -2.46. The van der Waals surface area contributed by atoms with Gasteiger partial charge in [-0.3, -0.25) is 4.79 Å². The lowest BCUT2D eigenvalue weighted by atomic mass is 9.96. The number of piperidine rings is 1. The maximum atomic E-state index is 12.3. The number of hydrogen-bond donors (Lipinski definition) is 1. The minimum atomic E-state index is -2.83. The second-order valence-electron chi connectivity index (χ2n) is 6.66. The molecule has 0 bridgehead atoms. The molecule has 2 rings (SSSR count). The summed E-state index contributed by atoms with van der Waals surface area (Å²) in [4.78, 5) is 25.6. The van der Waals surface area contributed by atoms with Crippen LogP contribution >= 0.6 is 0 Å². The molecule has 0 saturated carbocycles. The predicted molar refractivity (Wildman–Crippen MR) is 90.3 cm³/mol. The van der Waals surface area contributed by atoms with Gasteiger partial charge in [-0.15, -0.1) is 0 Å². The van der Waals surface area contributed by atoms with Gasteiger partial charge in [-0.2, -0.15) is 0 Å². The highest BCUT2D eigenvalue weighted by Crippen LogP contribution is 2.22. The van der Waals surface area contributed by atoms with Crippen molar-refractivity contribution in [2.75, 3.05) is 37.7 Å². The molecule has 2 fully saturated rings. The number of amides is 2. The van der Waals surface area contributed by atoms with Crippen molar-refractivity contribution >= 4 is 21.8 Å². The highest BCUT2D eigenvalue weighted by Gasteiger charge is 2.29. The molecular weight excluding hydrogens is 332 g/mol. The van der Waals surface area contributed by atoms with Crippen LogP contribution in [0.2, 0.25) is 0 Å². The van der Waals surface area contributed by atoms with E-state index in [1.807, 2.05) is 0 Å². The maximum Gasteiger partial charge on any atom is 0.409 e. The number of nitrogens with one attached hydrogen (secondary N) is 1. The van der Waals surface area contributed by atoms with Gasteiger partial charge >= 0.3 is 6.09 Å².